The molecule has 0 radical (unpaired) electrons. The second-order valence-electron chi connectivity index (χ2n) is 8.56. The van der Waals surface area contributed by atoms with Gasteiger partial charge in [-0.1, -0.05) is 12.8 Å². The number of nitrogens with zero attached hydrogens (tertiary/aromatic N) is 3. The molecule has 7 nitrogen and oxygen atoms in total. The summed E-state index contributed by atoms with van der Waals surface area (Å²) in [6, 6.07) is 0.409. The average molecular weight is 394 g/mol. The Labute approximate surface area is 169 Å². The van der Waals surface area contributed by atoms with E-state index in [4.69, 9.17) is 4.99 Å². The lowest BCUT2D eigenvalue weighted by Crippen LogP contribution is -2.50. The van der Waals surface area contributed by atoms with Crippen LogP contribution in [0.25, 0.3) is 0 Å². The first kappa shape index (κ1) is 21.4. The van der Waals surface area contributed by atoms with Crippen LogP contribution in [0.5, 0.6) is 0 Å². The number of aliphatic hydroxyl groups excluding tert-OH is 1. The minimum Gasteiger partial charge on any atom is -0.393 e. The summed E-state index contributed by atoms with van der Waals surface area (Å²) in [6.07, 6.45) is 8.25. The summed E-state index contributed by atoms with van der Waals surface area (Å²) in [7, 11) is 0. The van der Waals surface area contributed by atoms with Gasteiger partial charge in [0.15, 0.2) is 5.96 Å². The van der Waals surface area contributed by atoms with E-state index in [1.54, 1.807) is 0 Å². The van der Waals surface area contributed by atoms with Gasteiger partial charge in [0.05, 0.1) is 12.6 Å². The van der Waals surface area contributed by atoms with E-state index in [0.29, 0.717) is 17.9 Å². The fraction of sp³-hybridized carbons (Fsp3) is 0.905. The molecule has 3 fully saturated rings. The maximum atomic E-state index is 12.5. The van der Waals surface area contributed by atoms with E-state index in [1.165, 1.54) is 12.8 Å². The molecule has 0 spiro atoms. The highest BCUT2D eigenvalue weighted by atomic mass is 16.3. The Balaban J connectivity index is 1.37. The van der Waals surface area contributed by atoms with Crippen molar-refractivity contribution in [2.45, 2.75) is 70.4 Å². The number of piperazine rings is 1. The van der Waals surface area contributed by atoms with E-state index >= 15 is 0 Å². The van der Waals surface area contributed by atoms with E-state index in [1.807, 2.05) is 0 Å². The number of nitrogens with one attached hydrogen (secondary N) is 2. The highest BCUT2D eigenvalue weighted by Crippen LogP contribution is 2.26. The molecule has 0 bridgehead atoms. The highest BCUT2D eigenvalue weighted by molar-refractivity contribution is 5.80. The number of hydrogen-bond acceptors (Lipinski definition) is 4. The molecule has 0 aromatic carbocycles. The van der Waals surface area contributed by atoms with Crippen molar-refractivity contribution in [1.82, 2.24) is 20.4 Å². The quantitative estimate of drug-likeness (QED) is 0.466. The average Bonchev–Trinajstić information content (AvgIpc) is 3.25. The lowest BCUT2D eigenvalue weighted by Gasteiger charge is -2.35. The SMILES string of the molecule is CCNC(=NCCN1CCN(C(=O)C2CCCC2)CC1)NC1CCC(O)CC1. The van der Waals surface area contributed by atoms with Crippen LogP contribution in [0, 0.1) is 5.92 Å². The summed E-state index contributed by atoms with van der Waals surface area (Å²) in [4.78, 5) is 21.8. The molecule has 2 saturated carbocycles. The molecule has 7 heteroatoms. The first-order valence-corrected chi connectivity index (χ1v) is 11.4. The number of carbonyl (C=O) groups excluding carboxylic acids is 1. The molecular weight excluding hydrogens is 354 g/mol. The molecule has 0 aromatic heterocycles. The van der Waals surface area contributed by atoms with Crippen LogP contribution in [0.3, 0.4) is 0 Å². The van der Waals surface area contributed by atoms with E-state index in [2.05, 4.69) is 27.4 Å². The van der Waals surface area contributed by atoms with Gasteiger partial charge >= 0.3 is 0 Å². The molecule has 1 aliphatic heterocycles. The standard InChI is InChI=1S/C21H39N5O2/c1-2-22-21(24-18-7-9-19(27)10-8-18)23-11-12-25-13-15-26(16-14-25)20(28)17-5-3-4-6-17/h17-19,27H,2-16H2,1H3,(H2,22,23,24). The van der Waals surface area contributed by atoms with Gasteiger partial charge in [-0.2, -0.15) is 0 Å². The Morgan fingerprint density at radius 3 is 2.36 bits per heavy atom. The first-order valence-electron chi connectivity index (χ1n) is 11.4. The van der Waals surface area contributed by atoms with Crippen molar-refractivity contribution in [2.24, 2.45) is 10.9 Å². The maximum absolute atomic E-state index is 12.5. The third-order valence-corrected chi connectivity index (χ3v) is 6.46. The summed E-state index contributed by atoms with van der Waals surface area (Å²) in [5, 5.41) is 16.5. The zero-order chi connectivity index (χ0) is 19.8. The smallest absolute Gasteiger partial charge is 0.225 e. The number of hydrogen-bond donors (Lipinski definition) is 3. The number of guanidine groups is 1. The minimum absolute atomic E-state index is 0.128. The third-order valence-electron chi connectivity index (χ3n) is 6.46. The zero-order valence-electron chi connectivity index (χ0n) is 17.5. The van der Waals surface area contributed by atoms with Gasteiger partial charge in [-0.05, 0) is 45.4 Å². The van der Waals surface area contributed by atoms with E-state index in [9.17, 15) is 9.90 Å². The summed E-state index contributed by atoms with van der Waals surface area (Å²) >= 11 is 0. The molecule has 28 heavy (non-hydrogen) atoms. The van der Waals surface area contributed by atoms with Gasteiger partial charge in [0.25, 0.3) is 0 Å². The maximum Gasteiger partial charge on any atom is 0.225 e. The van der Waals surface area contributed by atoms with E-state index in [0.717, 1.165) is 90.3 Å². The van der Waals surface area contributed by atoms with Gasteiger partial charge in [-0.25, -0.2) is 0 Å². The van der Waals surface area contributed by atoms with Crippen LogP contribution in [0.1, 0.15) is 58.3 Å². The summed E-state index contributed by atoms with van der Waals surface area (Å²) in [5.41, 5.74) is 0. The van der Waals surface area contributed by atoms with Gasteiger partial charge in [0, 0.05) is 51.2 Å². The van der Waals surface area contributed by atoms with Crippen LogP contribution < -0.4 is 10.6 Å². The van der Waals surface area contributed by atoms with E-state index in [-0.39, 0.29) is 6.10 Å². The highest BCUT2D eigenvalue weighted by Gasteiger charge is 2.29. The molecule has 1 heterocycles. The summed E-state index contributed by atoms with van der Waals surface area (Å²) < 4.78 is 0. The third kappa shape index (κ3) is 6.34. The molecule has 0 aromatic rings. The predicted octanol–water partition coefficient (Wildman–Crippen LogP) is 1.18. The Morgan fingerprint density at radius 1 is 1.04 bits per heavy atom. The van der Waals surface area contributed by atoms with Gasteiger partial charge in [0.1, 0.15) is 0 Å². The largest absolute Gasteiger partial charge is 0.393 e. The number of amides is 1. The molecular formula is C21H39N5O2. The second kappa shape index (κ2) is 11.0. The van der Waals surface area contributed by atoms with Gasteiger partial charge in [0.2, 0.25) is 5.91 Å². The fourth-order valence-corrected chi connectivity index (χ4v) is 4.66. The van der Waals surface area contributed by atoms with Crippen molar-refractivity contribution in [2.75, 3.05) is 45.8 Å². The van der Waals surface area contributed by atoms with Crippen molar-refractivity contribution in [3.63, 3.8) is 0 Å². The number of aliphatic imine (C=N–C) groups is 1. The Kier molecular flexibility index (Phi) is 8.40. The molecule has 160 valence electrons. The molecule has 1 amide bonds. The van der Waals surface area contributed by atoms with Crippen LogP contribution in [0.2, 0.25) is 0 Å². The van der Waals surface area contributed by atoms with Gasteiger partial charge in [-0.15, -0.1) is 0 Å². The molecule has 2 aliphatic carbocycles. The number of aliphatic hydroxyl groups is 1. The van der Waals surface area contributed by atoms with Crippen LogP contribution in [-0.4, -0.2) is 84.7 Å². The van der Waals surface area contributed by atoms with Crippen molar-refractivity contribution in [3.8, 4) is 0 Å². The Bertz CT molecular complexity index is 505. The molecule has 3 N–H and O–H groups in total. The predicted molar refractivity (Wildman–Crippen MR) is 112 cm³/mol. The zero-order valence-corrected chi connectivity index (χ0v) is 17.5. The van der Waals surface area contributed by atoms with Crippen LogP contribution in [0.4, 0.5) is 0 Å². The normalized spacial score (nSPS) is 27.8. The molecule has 3 aliphatic rings. The summed E-state index contributed by atoms with van der Waals surface area (Å²) in [6.45, 7) is 8.28. The monoisotopic (exact) mass is 393 g/mol. The molecule has 0 atom stereocenters. The lowest BCUT2D eigenvalue weighted by molar-refractivity contribution is -0.137. The first-order chi connectivity index (χ1) is 13.7. The van der Waals surface area contributed by atoms with Crippen LogP contribution in [0.15, 0.2) is 4.99 Å². The molecule has 0 unspecified atom stereocenters. The second-order valence-corrected chi connectivity index (χ2v) is 8.56. The van der Waals surface area contributed by atoms with Crippen molar-refractivity contribution in [1.29, 1.82) is 0 Å². The summed E-state index contributed by atoms with van der Waals surface area (Å²) in [5.74, 6) is 1.58. The van der Waals surface area contributed by atoms with E-state index < -0.39 is 0 Å². The lowest BCUT2D eigenvalue weighted by atomic mass is 9.93. The van der Waals surface area contributed by atoms with Gasteiger partial charge in [-0.3, -0.25) is 14.7 Å². The van der Waals surface area contributed by atoms with Crippen LogP contribution in [-0.2, 0) is 4.79 Å². The van der Waals surface area contributed by atoms with Crippen molar-refractivity contribution in [3.05, 3.63) is 0 Å². The topological polar surface area (TPSA) is 80.2 Å². The number of carbonyl (C=O) groups is 1. The Morgan fingerprint density at radius 2 is 1.71 bits per heavy atom. The number of rotatable bonds is 6. The molecule has 1 saturated heterocycles. The van der Waals surface area contributed by atoms with Crippen molar-refractivity contribution < 1.29 is 9.90 Å². The van der Waals surface area contributed by atoms with Crippen molar-refractivity contribution >= 4 is 11.9 Å². The molecule has 3 rings (SSSR count). The fourth-order valence-electron chi connectivity index (χ4n) is 4.66. The van der Waals surface area contributed by atoms with Gasteiger partial charge < -0.3 is 20.6 Å². The minimum atomic E-state index is -0.128. The van der Waals surface area contributed by atoms with Crippen LogP contribution >= 0.6 is 0 Å². The Hall–Kier alpha value is -1.34.